The van der Waals surface area contributed by atoms with Crippen LogP contribution in [0.25, 0.3) is 0 Å². The smallest absolute Gasteiger partial charge is 0.146 e. The highest BCUT2D eigenvalue weighted by Crippen LogP contribution is 2.25. The molecule has 1 aromatic rings. The molecule has 0 saturated carbocycles. The molecule has 4 heteroatoms. The Kier molecular flexibility index (Phi) is 3.61. The van der Waals surface area contributed by atoms with Crippen molar-refractivity contribution < 1.29 is 4.79 Å². The fourth-order valence-corrected chi connectivity index (χ4v) is 2.37. The SMILES string of the molecule is CC(=O)C1CCCN(c2nc(C)ccc2C#N)C1. The van der Waals surface area contributed by atoms with Gasteiger partial charge < -0.3 is 4.90 Å². The van der Waals surface area contributed by atoms with E-state index in [1.54, 1.807) is 13.0 Å². The van der Waals surface area contributed by atoms with Crippen molar-refractivity contribution >= 4 is 11.6 Å². The van der Waals surface area contributed by atoms with Crippen LogP contribution in [0.2, 0.25) is 0 Å². The van der Waals surface area contributed by atoms with Crippen molar-refractivity contribution in [3.05, 3.63) is 23.4 Å². The Morgan fingerprint density at radius 3 is 3.00 bits per heavy atom. The summed E-state index contributed by atoms with van der Waals surface area (Å²) in [6.07, 6.45) is 1.92. The first kappa shape index (κ1) is 12.6. The number of rotatable bonds is 2. The van der Waals surface area contributed by atoms with Gasteiger partial charge in [0, 0.05) is 24.7 Å². The van der Waals surface area contributed by atoms with E-state index in [0.717, 1.165) is 30.9 Å². The molecular weight excluding hydrogens is 226 g/mol. The second-order valence-electron chi connectivity index (χ2n) is 4.83. The van der Waals surface area contributed by atoms with E-state index in [-0.39, 0.29) is 11.7 Å². The van der Waals surface area contributed by atoms with Gasteiger partial charge in [-0.05, 0) is 38.8 Å². The third-order valence-electron chi connectivity index (χ3n) is 3.43. The number of anilines is 1. The molecule has 0 N–H and O–H groups in total. The minimum atomic E-state index is 0.0765. The highest BCUT2D eigenvalue weighted by atomic mass is 16.1. The van der Waals surface area contributed by atoms with E-state index < -0.39 is 0 Å². The Balaban J connectivity index is 2.28. The summed E-state index contributed by atoms with van der Waals surface area (Å²) >= 11 is 0. The van der Waals surface area contributed by atoms with Crippen molar-refractivity contribution in [2.45, 2.75) is 26.7 Å². The van der Waals surface area contributed by atoms with Crippen LogP contribution in [0, 0.1) is 24.2 Å². The summed E-state index contributed by atoms with van der Waals surface area (Å²) in [5.74, 6) is 1.03. The summed E-state index contributed by atoms with van der Waals surface area (Å²) in [5.41, 5.74) is 1.48. The largest absolute Gasteiger partial charge is 0.355 e. The molecule has 0 amide bonds. The number of nitriles is 1. The second-order valence-corrected chi connectivity index (χ2v) is 4.83. The fourth-order valence-electron chi connectivity index (χ4n) is 2.37. The molecule has 1 atom stereocenters. The van der Waals surface area contributed by atoms with Crippen molar-refractivity contribution in [2.75, 3.05) is 18.0 Å². The second kappa shape index (κ2) is 5.18. The molecule has 4 nitrogen and oxygen atoms in total. The Hall–Kier alpha value is -1.89. The van der Waals surface area contributed by atoms with Gasteiger partial charge in [0.15, 0.2) is 0 Å². The third kappa shape index (κ3) is 2.51. The number of pyridine rings is 1. The van der Waals surface area contributed by atoms with Crippen LogP contribution in [0.3, 0.4) is 0 Å². The molecule has 0 aromatic carbocycles. The lowest BCUT2D eigenvalue weighted by Gasteiger charge is -2.33. The maximum atomic E-state index is 11.5. The summed E-state index contributed by atoms with van der Waals surface area (Å²) in [5, 5.41) is 9.13. The molecule has 1 fully saturated rings. The first-order valence-electron chi connectivity index (χ1n) is 6.25. The van der Waals surface area contributed by atoms with Crippen molar-refractivity contribution in [1.29, 1.82) is 5.26 Å². The van der Waals surface area contributed by atoms with E-state index in [1.807, 2.05) is 13.0 Å². The van der Waals surface area contributed by atoms with Gasteiger partial charge in [0.25, 0.3) is 0 Å². The Bertz CT molecular complexity index is 504. The molecule has 1 aliphatic heterocycles. The topological polar surface area (TPSA) is 57.0 Å². The number of Topliss-reactive ketones (excluding diaryl/α,β-unsaturated/α-hetero) is 1. The average molecular weight is 243 g/mol. The summed E-state index contributed by atoms with van der Waals surface area (Å²) in [7, 11) is 0. The van der Waals surface area contributed by atoms with Gasteiger partial charge in [0.05, 0.1) is 5.56 Å². The van der Waals surface area contributed by atoms with Crippen LogP contribution in [-0.4, -0.2) is 23.9 Å². The molecule has 0 spiro atoms. The van der Waals surface area contributed by atoms with Gasteiger partial charge in [-0.3, -0.25) is 4.79 Å². The number of carbonyl (C=O) groups excluding carboxylic acids is 1. The molecule has 1 saturated heterocycles. The lowest BCUT2D eigenvalue weighted by molar-refractivity contribution is -0.120. The molecule has 2 heterocycles. The monoisotopic (exact) mass is 243 g/mol. The van der Waals surface area contributed by atoms with E-state index >= 15 is 0 Å². The fraction of sp³-hybridized carbons (Fsp3) is 0.500. The molecule has 1 aliphatic rings. The lowest BCUT2D eigenvalue weighted by atomic mass is 9.94. The third-order valence-corrected chi connectivity index (χ3v) is 3.43. The average Bonchev–Trinajstić information content (AvgIpc) is 2.39. The molecule has 0 aliphatic carbocycles. The maximum absolute atomic E-state index is 11.5. The number of piperidine rings is 1. The van der Waals surface area contributed by atoms with Crippen molar-refractivity contribution in [3.63, 3.8) is 0 Å². The zero-order valence-electron chi connectivity index (χ0n) is 10.8. The van der Waals surface area contributed by atoms with Crippen LogP contribution in [0.4, 0.5) is 5.82 Å². The van der Waals surface area contributed by atoms with E-state index in [1.165, 1.54) is 0 Å². The number of nitrogens with zero attached hydrogens (tertiary/aromatic N) is 3. The zero-order valence-corrected chi connectivity index (χ0v) is 10.8. The molecule has 94 valence electrons. The number of hydrogen-bond acceptors (Lipinski definition) is 4. The quantitative estimate of drug-likeness (QED) is 0.797. The van der Waals surface area contributed by atoms with E-state index in [2.05, 4.69) is 16.0 Å². The van der Waals surface area contributed by atoms with Gasteiger partial charge in [0.1, 0.15) is 17.7 Å². The number of ketones is 1. The minimum Gasteiger partial charge on any atom is -0.355 e. The lowest BCUT2D eigenvalue weighted by Crippen LogP contribution is -2.39. The number of carbonyl (C=O) groups is 1. The van der Waals surface area contributed by atoms with Gasteiger partial charge in [-0.1, -0.05) is 0 Å². The van der Waals surface area contributed by atoms with Crippen LogP contribution < -0.4 is 4.90 Å². The van der Waals surface area contributed by atoms with Crippen LogP contribution in [0.15, 0.2) is 12.1 Å². The van der Waals surface area contributed by atoms with Crippen LogP contribution >= 0.6 is 0 Å². The van der Waals surface area contributed by atoms with Crippen molar-refractivity contribution in [3.8, 4) is 6.07 Å². The Labute approximate surface area is 107 Å². The number of hydrogen-bond donors (Lipinski definition) is 0. The minimum absolute atomic E-state index is 0.0765. The normalized spacial score (nSPS) is 19.4. The molecule has 1 aromatic heterocycles. The van der Waals surface area contributed by atoms with Gasteiger partial charge >= 0.3 is 0 Å². The van der Waals surface area contributed by atoms with E-state index in [0.29, 0.717) is 12.1 Å². The highest BCUT2D eigenvalue weighted by molar-refractivity contribution is 5.79. The van der Waals surface area contributed by atoms with Gasteiger partial charge in [-0.25, -0.2) is 4.98 Å². The van der Waals surface area contributed by atoms with Crippen molar-refractivity contribution in [2.24, 2.45) is 5.92 Å². The molecule has 0 radical (unpaired) electrons. The summed E-state index contributed by atoms with van der Waals surface area (Å²) in [4.78, 5) is 18.0. The maximum Gasteiger partial charge on any atom is 0.146 e. The van der Waals surface area contributed by atoms with Gasteiger partial charge in [-0.15, -0.1) is 0 Å². The molecule has 0 bridgehead atoms. The Morgan fingerprint density at radius 2 is 2.33 bits per heavy atom. The predicted octanol–water partition coefficient (Wildman–Crippen LogP) is 2.07. The van der Waals surface area contributed by atoms with Gasteiger partial charge in [-0.2, -0.15) is 5.26 Å². The van der Waals surface area contributed by atoms with Crippen LogP contribution in [0.5, 0.6) is 0 Å². The van der Waals surface area contributed by atoms with E-state index in [4.69, 9.17) is 5.26 Å². The Morgan fingerprint density at radius 1 is 1.56 bits per heavy atom. The molecule has 1 unspecified atom stereocenters. The summed E-state index contributed by atoms with van der Waals surface area (Å²) < 4.78 is 0. The molecule has 2 rings (SSSR count). The first-order chi connectivity index (χ1) is 8.61. The number of aromatic nitrogens is 1. The summed E-state index contributed by atoms with van der Waals surface area (Å²) in [6.45, 7) is 5.11. The standard InChI is InChI=1S/C14H17N3O/c1-10-5-6-12(8-15)14(16-10)17-7-3-4-13(9-17)11(2)18/h5-6,13H,3-4,7,9H2,1-2H3. The summed E-state index contributed by atoms with van der Waals surface area (Å²) in [6, 6.07) is 5.82. The number of aryl methyl sites for hydroxylation is 1. The van der Waals surface area contributed by atoms with Crippen molar-refractivity contribution in [1.82, 2.24) is 4.98 Å². The van der Waals surface area contributed by atoms with E-state index in [9.17, 15) is 4.79 Å². The highest BCUT2D eigenvalue weighted by Gasteiger charge is 2.25. The molecule has 18 heavy (non-hydrogen) atoms. The van der Waals surface area contributed by atoms with Crippen LogP contribution in [-0.2, 0) is 4.79 Å². The predicted molar refractivity (Wildman–Crippen MR) is 69.3 cm³/mol. The van der Waals surface area contributed by atoms with Gasteiger partial charge in [0.2, 0.25) is 0 Å². The zero-order chi connectivity index (χ0) is 13.1. The first-order valence-corrected chi connectivity index (χ1v) is 6.25. The molecular formula is C14H17N3O. The van der Waals surface area contributed by atoms with Crippen LogP contribution in [0.1, 0.15) is 31.0 Å².